The fourth-order valence-corrected chi connectivity index (χ4v) is 3.66. The molecule has 1 rings (SSSR count). The monoisotopic (exact) mass is 294 g/mol. The number of halogens is 1. The van der Waals surface area contributed by atoms with E-state index in [0.717, 1.165) is 6.07 Å². The van der Waals surface area contributed by atoms with Gasteiger partial charge in [-0.25, -0.2) is 13.1 Å². The van der Waals surface area contributed by atoms with Gasteiger partial charge in [0.2, 0.25) is 10.0 Å². The van der Waals surface area contributed by atoms with E-state index in [1.165, 1.54) is 0 Å². The van der Waals surface area contributed by atoms with Gasteiger partial charge in [-0.15, -0.1) is 23.7 Å². The van der Waals surface area contributed by atoms with Gasteiger partial charge in [0.1, 0.15) is 4.21 Å². The molecular formula is C8H7ClN2O4S2. The number of rotatable bonds is 5. The molecule has 0 fully saturated rings. The molecule has 0 unspecified atom stereocenters. The van der Waals surface area contributed by atoms with Crippen molar-refractivity contribution >= 4 is 38.6 Å². The maximum Gasteiger partial charge on any atom is 0.300 e. The first-order valence-corrected chi connectivity index (χ1v) is 6.93. The molecule has 1 heterocycles. The van der Waals surface area contributed by atoms with Gasteiger partial charge in [-0.2, -0.15) is 0 Å². The standard InChI is InChI=1S/C8H7ClN2O4S2/c1-2-3-4-10-17(14,15)7-5-6(11(12)13)8(9)16-7/h1,5,10H,3-4H2. The van der Waals surface area contributed by atoms with E-state index < -0.39 is 20.6 Å². The molecule has 0 radical (unpaired) electrons. The molecule has 0 aromatic carbocycles. The Balaban J connectivity index is 2.97. The minimum atomic E-state index is -3.78. The number of sulfonamides is 1. The molecule has 0 aliphatic heterocycles. The highest BCUT2D eigenvalue weighted by atomic mass is 35.5. The molecule has 6 nitrogen and oxygen atoms in total. The van der Waals surface area contributed by atoms with Crippen molar-refractivity contribution < 1.29 is 13.3 Å². The van der Waals surface area contributed by atoms with Crippen LogP contribution in [0, 0.1) is 22.5 Å². The van der Waals surface area contributed by atoms with Crippen LogP contribution in [-0.4, -0.2) is 19.9 Å². The fraction of sp³-hybridized carbons (Fsp3) is 0.250. The van der Waals surface area contributed by atoms with Gasteiger partial charge in [0, 0.05) is 19.0 Å². The molecule has 1 aromatic rings. The molecule has 0 bridgehead atoms. The van der Waals surface area contributed by atoms with E-state index in [1.807, 2.05) is 0 Å². The number of nitrogens with one attached hydrogen (secondary N) is 1. The van der Waals surface area contributed by atoms with Crippen LogP contribution in [0.3, 0.4) is 0 Å². The second-order valence-corrected chi connectivity index (χ2v) is 6.48. The quantitative estimate of drug-likeness (QED) is 0.387. The van der Waals surface area contributed by atoms with E-state index in [2.05, 4.69) is 10.6 Å². The molecular weight excluding hydrogens is 288 g/mol. The Bertz CT molecular complexity index is 573. The molecule has 0 atom stereocenters. The zero-order valence-corrected chi connectivity index (χ0v) is 10.7. The third-order valence-electron chi connectivity index (χ3n) is 1.67. The average molecular weight is 295 g/mol. The molecule has 0 aliphatic carbocycles. The maximum atomic E-state index is 11.6. The Morgan fingerprint density at radius 2 is 2.29 bits per heavy atom. The van der Waals surface area contributed by atoms with E-state index in [4.69, 9.17) is 18.0 Å². The van der Waals surface area contributed by atoms with Crippen molar-refractivity contribution in [1.82, 2.24) is 4.72 Å². The molecule has 0 amide bonds. The Labute approximate surface area is 107 Å². The van der Waals surface area contributed by atoms with Crippen LogP contribution in [0.25, 0.3) is 0 Å². The van der Waals surface area contributed by atoms with E-state index in [0.29, 0.717) is 11.3 Å². The summed E-state index contributed by atoms with van der Waals surface area (Å²) in [5, 5.41) is 10.5. The summed E-state index contributed by atoms with van der Waals surface area (Å²) in [6.07, 6.45) is 5.21. The van der Waals surface area contributed by atoms with Gasteiger partial charge in [0.05, 0.1) is 4.92 Å². The Hall–Kier alpha value is -1.14. The van der Waals surface area contributed by atoms with E-state index in [1.54, 1.807) is 0 Å². The second kappa shape index (κ2) is 5.46. The van der Waals surface area contributed by atoms with Crippen molar-refractivity contribution in [2.24, 2.45) is 0 Å². The first-order valence-electron chi connectivity index (χ1n) is 4.25. The van der Waals surface area contributed by atoms with E-state index >= 15 is 0 Å². The molecule has 0 aliphatic rings. The summed E-state index contributed by atoms with van der Waals surface area (Å²) in [5.74, 6) is 2.27. The number of thiophene rings is 1. The molecule has 1 aromatic heterocycles. The zero-order chi connectivity index (χ0) is 13.1. The Morgan fingerprint density at radius 3 is 2.76 bits per heavy atom. The van der Waals surface area contributed by atoms with Crippen molar-refractivity contribution in [3.05, 3.63) is 20.5 Å². The SMILES string of the molecule is C#CCCNS(=O)(=O)c1cc([N+](=O)[O-])c(Cl)s1. The van der Waals surface area contributed by atoms with Gasteiger partial charge >= 0.3 is 0 Å². The molecule has 17 heavy (non-hydrogen) atoms. The molecule has 0 spiro atoms. The summed E-state index contributed by atoms with van der Waals surface area (Å²) in [6, 6.07) is 0.922. The number of terminal acetylenes is 1. The summed E-state index contributed by atoms with van der Waals surface area (Å²) in [7, 11) is -3.78. The summed E-state index contributed by atoms with van der Waals surface area (Å²) in [5.41, 5.74) is -0.422. The summed E-state index contributed by atoms with van der Waals surface area (Å²) >= 11 is 6.19. The molecule has 0 saturated carbocycles. The number of hydrogen-bond donors (Lipinski definition) is 1. The Kier molecular flexibility index (Phi) is 4.47. The topological polar surface area (TPSA) is 89.3 Å². The molecule has 0 saturated heterocycles. The molecule has 9 heteroatoms. The smallest absolute Gasteiger partial charge is 0.258 e. The minimum Gasteiger partial charge on any atom is -0.258 e. The van der Waals surface area contributed by atoms with Gasteiger partial charge in [-0.1, -0.05) is 11.6 Å². The predicted octanol–water partition coefficient (Wildman–Crippen LogP) is 1.61. The first kappa shape index (κ1) is 13.9. The van der Waals surface area contributed by atoms with Crippen LogP contribution in [0.5, 0.6) is 0 Å². The highest BCUT2D eigenvalue weighted by Crippen LogP contribution is 2.35. The normalized spacial score (nSPS) is 11.1. The maximum absolute atomic E-state index is 11.6. The van der Waals surface area contributed by atoms with E-state index in [9.17, 15) is 18.5 Å². The van der Waals surface area contributed by atoms with Crippen LogP contribution in [0.15, 0.2) is 10.3 Å². The van der Waals surface area contributed by atoms with Crippen molar-refractivity contribution in [2.45, 2.75) is 10.6 Å². The van der Waals surface area contributed by atoms with Gasteiger partial charge < -0.3 is 0 Å². The summed E-state index contributed by atoms with van der Waals surface area (Å²) < 4.78 is 25.1. The van der Waals surface area contributed by atoms with Gasteiger partial charge in [-0.05, 0) is 0 Å². The summed E-state index contributed by atoms with van der Waals surface area (Å²) in [4.78, 5) is 9.77. The largest absolute Gasteiger partial charge is 0.300 e. The lowest BCUT2D eigenvalue weighted by molar-refractivity contribution is -0.384. The lowest BCUT2D eigenvalue weighted by Crippen LogP contribution is -2.23. The van der Waals surface area contributed by atoms with Crippen molar-refractivity contribution in [3.8, 4) is 12.3 Å². The van der Waals surface area contributed by atoms with Gasteiger partial charge in [0.25, 0.3) is 5.69 Å². The zero-order valence-electron chi connectivity index (χ0n) is 8.34. The predicted molar refractivity (Wildman–Crippen MR) is 64.6 cm³/mol. The van der Waals surface area contributed by atoms with Crippen molar-refractivity contribution in [3.63, 3.8) is 0 Å². The average Bonchev–Trinajstić information content (AvgIpc) is 2.61. The highest BCUT2D eigenvalue weighted by Gasteiger charge is 2.24. The van der Waals surface area contributed by atoms with Crippen LogP contribution in [0.1, 0.15) is 6.42 Å². The molecule has 92 valence electrons. The van der Waals surface area contributed by atoms with Crippen LogP contribution < -0.4 is 4.72 Å². The Morgan fingerprint density at radius 1 is 1.65 bits per heavy atom. The van der Waals surface area contributed by atoms with Crippen LogP contribution in [-0.2, 0) is 10.0 Å². The lowest BCUT2D eigenvalue weighted by Gasteiger charge is -2.00. The number of hydrogen-bond acceptors (Lipinski definition) is 5. The summed E-state index contributed by atoms with van der Waals surface area (Å²) in [6.45, 7) is 0.0716. The third kappa shape index (κ3) is 3.41. The van der Waals surface area contributed by atoms with Crippen LogP contribution in [0.2, 0.25) is 4.34 Å². The molecule has 1 N–H and O–H groups in total. The van der Waals surface area contributed by atoms with Crippen molar-refractivity contribution in [1.29, 1.82) is 0 Å². The van der Waals surface area contributed by atoms with Gasteiger partial charge in [0.15, 0.2) is 4.34 Å². The number of nitro groups is 1. The third-order valence-corrected chi connectivity index (χ3v) is 4.94. The highest BCUT2D eigenvalue weighted by molar-refractivity contribution is 7.91. The van der Waals surface area contributed by atoms with E-state index in [-0.39, 0.29) is 21.5 Å². The second-order valence-electron chi connectivity index (χ2n) is 2.83. The van der Waals surface area contributed by atoms with Crippen molar-refractivity contribution in [2.75, 3.05) is 6.54 Å². The van der Waals surface area contributed by atoms with Crippen LogP contribution in [0.4, 0.5) is 5.69 Å². The first-order chi connectivity index (χ1) is 7.88. The lowest BCUT2D eigenvalue weighted by atomic mass is 10.5. The van der Waals surface area contributed by atoms with Gasteiger partial charge in [-0.3, -0.25) is 10.1 Å². The number of nitrogens with zero attached hydrogens (tertiary/aromatic N) is 1. The fourth-order valence-electron chi connectivity index (χ4n) is 0.924. The van der Waals surface area contributed by atoms with Crippen LogP contribution >= 0.6 is 22.9 Å². The minimum absolute atomic E-state index is 0.0716.